The van der Waals surface area contributed by atoms with Crippen molar-refractivity contribution >= 4 is 11.0 Å². The third-order valence-corrected chi connectivity index (χ3v) is 3.11. The minimum atomic E-state index is -0.488. The van der Waals surface area contributed by atoms with Crippen LogP contribution in [0.3, 0.4) is 0 Å². The summed E-state index contributed by atoms with van der Waals surface area (Å²) in [4.78, 5) is 8.20. The minimum absolute atomic E-state index is 0.488. The lowest BCUT2D eigenvalue weighted by molar-refractivity contribution is 0.581. The molecule has 90 valence electrons. The average molecular weight is 241 g/mol. The van der Waals surface area contributed by atoms with Gasteiger partial charge in [-0.05, 0) is 49.2 Å². The van der Waals surface area contributed by atoms with Crippen LogP contribution < -0.4 is 0 Å². The number of aryl methyl sites for hydroxylation is 2. The molecule has 4 heteroatoms. The first kappa shape index (κ1) is 10.9. The van der Waals surface area contributed by atoms with Gasteiger partial charge in [0, 0.05) is 0 Å². The SMILES string of the molecule is Cc1cc2ncn(-c3cccc(F)n3)c2cc1C. The van der Waals surface area contributed by atoms with Crippen LogP contribution in [0.1, 0.15) is 11.1 Å². The van der Waals surface area contributed by atoms with E-state index in [1.54, 1.807) is 23.0 Å². The molecular weight excluding hydrogens is 229 g/mol. The second-order valence-electron chi connectivity index (χ2n) is 4.36. The summed E-state index contributed by atoms with van der Waals surface area (Å²) < 4.78 is 15.0. The summed E-state index contributed by atoms with van der Waals surface area (Å²) >= 11 is 0. The lowest BCUT2D eigenvalue weighted by atomic mass is 10.1. The zero-order chi connectivity index (χ0) is 12.7. The predicted molar refractivity (Wildman–Crippen MR) is 68.3 cm³/mol. The quantitative estimate of drug-likeness (QED) is 0.613. The molecule has 0 atom stereocenters. The van der Waals surface area contributed by atoms with Crippen LogP contribution in [0.15, 0.2) is 36.7 Å². The van der Waals surface area contributed by atoms with Crippen LogP contribution in [0.4, 0.5) is 4.39 Å². The molecule has 0 bridgehead atoms. The van der Waals surface area contributed by atoms with Gasteiger partial charge in [-0.15, -0.1) is 0 Å². The smallest absolute Gasteiger partial charge is 0.214 e. The van der Waals surface area contributed by atoms with E-state index in [4.69, 9.17) is 0 Å². The van der Waals surface area contributed by atoms with Gasteiger partial charge in [-0.25, -0.2) is 9.97 Å². The summed E-state index contributed by atoms with van der Waals surface area (Å²) in [6.45, 7) is 4.10. The Bertz CT molecular complexity index is 731. The molecule has 2 aromatic heterocycles. The number of aromatic nitrogens is 3. The second kappa shape index (κ2) is 3.91. The van der Waals surface area contributed by atoms with Crippen LogP contribution in [0.2, 0.25) is 0 Å². The van der Waals surface area contributed by atoms with Gasteiger partial charge in [-0.1, -0.05) is 6.07 Å². The molecule has 1 aromatic carbocycles. The Balaban J connectivity index is 2.27. The Labute approximate surface area is 104 Å². The van der Waals surface area contributed by atoms with E-state index < -0.39 is 5.95 Å². The van der Waals surface area contributed by atoms with E-state index in [1.165, 1.54) is 17.2 Å². The molecule has 0 radical (unpaired) electrons. The van der Waals surface area contributed by atoms with Crippen molar-refractivity contribution in [2.24, 2.45) is 0 Å². The molecule has 0 saturated carbocycles. The predicted octanol–water partition coefficient (Wildman–Crippen LogP) is 3.18. The largest absolute Gasteiger partial charge is 0.283 e. The number of benzene rings is 1. The molecule has 3 rings (SSSR count). The highest BCUT2D eigenvalue weighted by Crippen LogP contribution is 2.20. The first-order valence-corrected chi connectivity index (χ1v) is 5.72. The summed E-state index contributed by atoms with van der Waals surface area (Å²) in [5.74, 6) is 0.0546. The normalized spacial score (nSPS) is 11.1. The molecule has 3 nitrogen and oxygen atoms in total. The average Bonchev–Trinajstić information content (AvgIpc) is 2.73. The van der Waals surface area contributed by atoms with Crippen molar-refractivity contribution in [3.8, 4) is 5.82 Å². The first-order chi connectivity index (χ1) is 8.65. The van der Waals surface area contributed by atoms with Gasteiger partial charge < -0.3 is 0 Å². The van der Waals surface area contributed by atoms with Crippen molar-refractivity contribution in [1.29, 1.82) is 0 Å². The van der Waals surface area contributed by atoms with E-state index in [-0.39, 0.29) is 0 Å². The second-order valence-corrected chi connectivity index (χ2v) is 4.36. The zero-order valence-electron chi connectivity index (χ0n) is 10.2. The molecular formula is C14H12FN3. The highest BCUT2D eigenvalue weighted by Gasteiger charge is 2.07. The van der Waals surface area contributed by atoms with Gasteiger partial charge in [0.25, 0.3) is 0 Å². The Kier molecular flexibility index (Phi) is 2.37. The molecule has 0 aliphatic heterocycles. The van der Waals surface area contributed by atoms with Crippen LogP contribution in [-0.2, 0) is 0 Å². The van der Waals surface area contributed by atoms with Crippen LogP contribution >= 0.6 is 0 Å². The summed E-state index contributed by atoms with van der Waals surface area (Å²) in [7, 11) is 0. The molecule has 18 heavy (non-hydrogen) atoms. The maximum atomic E-state index is 13.2. The Morgan fingerprint density at radius 2 is 1.89 bits per heavy atom. The number of imidazole rings is 1. The van der Waals surface area contributed by atoms with E-state index in [0.29, 0.717) is 5.82 Å². The van der Waals surface area contributed by atoms with Crippen molar-refractivity contribution < 1.29 is 4.39 Å². The highest BCUT2D eigenvalue weighted by molar-refractivity contribution is 5.78. The zero-order valence-corrected chi connectivity index (χ0v) is 10.2. The number of halogens is 1. The molecule has 0 aliphatic rings. The van der Waals surface area contributed by atoms with E-state index >= 15 is 0 Å². The number of hydrogen-bond donors (Lipinski definition) is 0. The van der Waals surface area contributed by atoms with Crippen LogP contribution in [0.25, 0.3) is 16.9 Å². The Morgan fingerprint density at radius 3 is 2.67 bits per heavy atom. The summed E-state index contributed by atoms with van der Waals surface area (Å²) in [6.07, 6.45) is 1.67. The fourth-order valence-electron chi connectivity index (χ4n) is 1.98. The standard InChI is InChI=1S/C14H12FN3/c1-9-6-11-12(7-10(9)2)18(8-16-11)14-5-3-4-13(15)17-14/h3-8H,1-2H3. The number of nitrogens with zero attached hydrogens (tertiary/aromatic N) is 3. The minimum Gasteiger partial charge on any atom is -0.283 e. The maximum absolute atomic E-state index is 13.2. The van der Waals surface area contributed by atoms with E-state index in [9.17, 15) is 4.39 Å². The van der Waals surface area contributed by atoms with Crippen molar-refractivity contribution in [3.05, 3.63) is 53.7 Å². The lowest BCUT2D eigenvalue weighted by Gasteiger charge is -2.05. The van der Waals surface area contributed by atoms with E-state index in [1.807, 2.05) is 26.0 Å². The maximum Gasteiger partial charge on any atom is 0.214 e. The molecule has 0 spiro atoms. The molecule has 0 unspecified atom stereocenters. The molecule has 0 fully saturated rings. The van der Waals surface area contributed by atoms with Crippen LogP contribution in [-0.4, -0.2) is 14.5 Å². The van der Waals surface area contributed by atoms with Crippen LogP contribution in [0.5, 0.6) is 0 Å². The fraction of sp³-hybridized carbons (Fsp3) is 0.143. The van der Waals surface area contributed by atoms with Crippen LogP contribution in [0, 0.1) is 19.8 Å². The fourth-order valence-corrected chi connectivity index (χ4v) is 1.98. The summed E-state index contributed by atoms with van der Waals surface area (Å²) in [6, 6.07) is 8.81. The monoisotopic (exact) mass is 241 g/mol. The third kappa shape index (κ3) is 1.66. The van der Waals surface area contributed by atoms with E-state index in [2.05, 4.69) is 9.97 Å². The highest BCUT2D eigenvalue weighted by atomic mass is 19.1. The first-order valence-electron chi connectivity index (χ1n) is 5.72. The number of rotatable bonds is 1. The van der Waals surface area contributed by atoms with Crippen molar-refractivity contribution in [2.75, 3.05) is 0 Å². The Hall–Kier alpha value is -2.23. The number of fused-ring (bicyclic) bond motifs is 1. The summed E-state index contributed by atoms with van der Waals surface area (Å²) in [5, 5.41) is 0. The number of pyridine rings is 1. The van der Waals surface area contributed by atoms with Gasteiger partial charge in [0.05, 0.1) is 11.0 Å². The molecule has 3 aromatic rings. The van der Waals surface area contributed by atoms with Gasteiger partial charge in [-0.2, -0.15) is 4.39 Å². The third-order valence-electron chi connectivity index (χ3n) is 3.11. The molecule has 0 saturated heterocycles. The Morgan fingerprint density at radius 1 is 1.11 bits per heavy atom. The molecule has 0 aliphatic carbocycles. The van der Waals surface area contributed by atoms with Gasteiger partial charge in [0.15, 0.2) is 0 Å². The van der Waals surface area contributed by atoms with Gasteiger partial charge >= 0.3 is 0 Å². The van der Waals surface area contributed by atoms with E-state index in [0.717, 1.165) is 11.0 Å². The summed E-state index contributed by atoms with van der Waals surface area (Å²) in [5.41, 5.74) is 4.21. The number of hydrogen-bond acceptors (Lipinski definition) is 2. The van der Waals surface area contributed by atoms with Crippen molar-refractivity contribution in [2.45, 2.75) is 13.8 Å². The van der Waals surface area contributed by atoms with Gasteiger partial charge in [-0.3, -0.25) is 4.57 Å². The lowest BCUT2D eigenvalue weighted by Crippen LogP contribution is -1.97. The molecule has 2 heterocycles. The molecule has 0 amide bonds. The van der Waals surface area contributed by atoms with Crippen molar-refractivity contribution in [1.82, 2.24) is 14.5 Å². The van der Waals surface area contributed by atoms with Crippen molar-refractivity contribution in [3.63, 3.8) is 0 Å². The van der Waals surface area contributed by atoms with Gasteiger partial charge in [0.2, 0.25) is 5.95 Å². The topological polar surface area (TPSA) is 30.7 Å². The molecule has 0 N–H and O–H groups in total. The van der Waals surface area contributed by atoms with Gasteiger partial charge in [0.1, 0.15) is 12.1 Å².